The Labute approximate surface area is 180 Å². The van der Waals surface area contributed by atoms with Gasteiger partial charge in [-0.05, 0) is 38.8 Å². The largest absolute Gasteiger partial charge is 0.352 e. The van der Waals surface area contributed by atoms with Crippen LogP contribution >= 0.6 is 11.8 Å². The van der Waals surface area contributed by atoms with Crippen molar-refractivity contribution < 1.29 is 14.0 Å². The maximum Gasteiger partial charge on any atom is 0.233 e. The number of rotatable bonds is 8. The van der Waals surface area contributed by atoms with Crippen molar-refractivity contribution in [3.05, 3.63) is 35.9 Å². The van der Waals surface area contributed by atoms with Gasteiger partial charge >= 0.3 is 0 Å². The summed E-state index contributed by atoms with van der Waals surface area (Å²) in [5.41, 5.74) is 0.132. The second kappa shape index (κ2) is 10.6. The van der Waals surface area contributed by atoms with E-state index < -0.39 is 5.82 Å². The second-order valence-electron chi connectivity index (χ2n) is 7.45. The minimum atomic E-state index is -0.489. The molecule has 0 spiro atoms. The van der Waals surface area contributed by atoms with Crippen LogP contribution in [-0.2, 0) is 22.6 Å². The van der Waals surface area contributed by atoms with Crippen molar-refractivity contribution in [2.45, 2.75) is 75.4 Å². The molecule has 0 radical (unpaired) electrons. The Morgan fingerprint density at radius 1 is 1.23 bits per heavy atom. The first kappa shape index (κ1) is 22.3. The van der Waals surface area contributed by atoms with Crippen molar-refractivity contribution in [1.82, 2.24) is 20.1 Å². The zero-order valence-electron chi connectivity index (χ0n) is 17.4. The van der Waals surface area contributed by atoms with E-state index in [1.54, 1.807) is 12.1 Å². The average Bonchev–Trinajstić information content (AvgIpc) is 3.11. The lowest BCUT2D eigenvalue weighted by Gasteiger charge is -2.24. The van der Waals surface area contributed by atoms with Crippen LogP contribution in [0.15, 0.2) is 29.4 Å². The van der Waals surface area contributed by atoms with Gasteiger partial charge in [-0.2, -0.15) is 0 Å². The van der Waals surface area contributed by atoms with Crippen molar-refractivity contribution in [2.75, 3.05) is 5.32 Å². The molecule has 3 rings (SSSR count). The molecule has 7 nitrogen and oxygen atoms in total. The topological polar surface area (TPSA) is 88.9 Å². The van der Waals surface area contributed by atoms with E-state index in [4.69, 9.17) is 0 Å². The molecule has 9 heteroatoms. The number of hydrogen-bond acceptors (Lipinski definition) is 5. The third kappa shape index (κ3) is 5.81. The molecule has 1 aromatic carbocycles. The number of hydrogen-bond donors (Lipinski definition) is 2. The zero-order chi connectivity index (χ0) is 21.5. The minimum Gasteiger partial charge on any atom is -0.352 e. The SMILES string of the molecule is CCn1c(CC(=O)Nc2ccccc2F)nnc1SC(C)C(=O)NC1CCCCC1. The van der Waals surface area contributed by atoms with Crippen molar-refractivity contribution >= 4 is 29.3 Å². The Morgan fingerprint density at radius 2 is 1.97 bits per heavy atom. The van der Waals surface area contributed by atoms with E-state index in [1.165, 1.54) is 30.3 Å². The Bertz CT molecular complexity index is 882. The molecule has 2 aromatic rings. The van der Waals surface area contributed by atoms with Gasteiger partial charge in [-0.25, -0.2) is 4.39 Å². The smallest absolute Gasteiger partial charge is 0.233 e. The fourth-order valence-corrected chi connectivity index (χ4v) is 4.47. The normalized spacial score (nSPS) is 15.6. The Hall–Kier alpha value is -2.42. The molecular weight excluding hydrogens is 405 g/mol. The summed E-state index contributed by atoms with van der Waals surface area (Å²) in [6.07, 6.45) is 5.61. The van der Waals surface area contributed by atoms with Crippen LogP contribution in [0.2, 0.25) is 0 Å². The van der Waals surface area contributed by atoms with Gasteiger partial charge in [0, 0.05) is 12.6 Å². The zero-order valence-corrected chi connectivity index (χ0v) is 18.2. The van der Waals surface area contributed by atoms with Crippen LogP contribution < -0.4 is 10.6 Å². The van der Waals surface area contributed by atoms with Crippen LogP contribution in [0.3, 0.4) is 0 Å². The predicted molar refractivity (Wildman–Crippen MR) is 115 cm³/mol. The summed E-state index contributed by atoms with van der Waals surface area (Å²) in [7, 11) is 0. The highest BCUT2D eigenvalue weighted by Gasteiger charge is 2.23. The summed E-state index contributed by atoms with van der Waals surface area (Å²) in [5, 5.41) is 14.3. The number of carbonyl (C=O) groups excluding carboxylic acids is 2. The number of anilines is 1. The van der Waals surface area contributed by atoms with Gasteiger partial charge in [-0.15, -0.1) is 10.2 Å². The Kier molecular flexibility index (Phi) is 7.84. The summed E-state index contributed by atoms with van der Waals surface area (Å²) in [6.45, 7) is 4.34. The Balaban J connectivity index is 1.59. The van der Waals surface area contributed by atoms with Crippen LogP contribution in [0.25, 0.3) is 0 Å². The third-order valence-electron chi connectivity index (χ3n) is 5.18. The summed E-state index contributed by atoms with van der Waals surface area (Å²) in [6, 6.07) is 6.27. The number of aromatic nitrogens is 3. The number of nitrogens with one attached hydrogen (secondary N) is 2. The molecule has 1 heterocycles. The molecule has 1 saturated carbocycles. The van der Waals surface area contributed by atoms with Crippen LogP contribution in [-0.4, -0.2) is 37.9 Å². The van der Waals surface area contributed by atoms with E-state index in [-0.39, 0.29) is 35.2 Å². The first-order chi connectivity index (χ1) is 14.5. The molecule has 1 aromatic heterocycles. The van der Waals surface area contributed by atoms with Gasteiger partial charge in [0.05, 0.1) is 17.4 Å². The summed E-state index contributed by atoms with van der Waals surface area (Å²) in [4.78, 5) is 24.9. The molecule has 1 aliphatic rings. The van der Waals surface area contributed by atoms with Gasteiger partial charge in [-0.1, -0.05) is 43.2 Å². The molecule has 0 saturated heterocycles. The van der Waals surface area contributed by atoms with Crippen LogP contribution in [0.5, 0.6) is 0 Å². The summed E-state index contributed by atoms with van der Waals surface area (Å²) < 4.78 is 15.6. The predicted octanol–water partition coefficient (Wildman–Crippen LogP) is 3.55. The van der Waals surface area contributed by atoms with Crippen LogP contribution in [0, 0.1) is 5.82 Å². The lowest BCUT2D eigenvalue weighted by atomic mass is 9.95. The lowest BCUT2D eigenvalue weighted by molar-refractivity contribution is -0.121. The second-order valence-corrected chi connectivity index (χ2v) is 8.76. The quantitative estimate of drug-likeness (QED) is 0.622. The van der Waals surface area contributed by atoms with Crippen molar-refractivity contribution in [2.24, 2.45) is 0 Å². The van der Waals surface area contributed by atoms with Crippen LogP contribution in [0.1, 0.15) is 51.8 Å². The number of halogens is 1. The number of carbonyl (C=O) groups is 2. The van der Waals surface area contributed by atoms with Gasteiger partial charge in [0.15, 0.2) is 5.16 Å². The van der Waals surface area contributed by atoms with E-state index >= 15 is 0 Å². The lowest BCUT2D eigenvalue weighted by Crippen LogP contribution is -2.40. The number of amides is 2. The summed E-state index contributed by atoms with van der Waals surface area (Å²) >= 11 is 1.33. The number of thioether (sulfide) groups is 1. The van der Waals surface area contributed by atoms with Crippen molar-refractivity contribution in [1.29, 1.82) is 0 Å². The molecule has 30 heavy (non-hydrogen) atoms. The highest BCUT2D eigenvalue weighted by Crippen LogP contribution is 2.24. The number of benzene rings is 1. The molecule has 1 atom stereocenters. The van der Waals surface area contributed by atoms with E-state index in [0.29, 0.717) is 17.5 Å². The molecule has 1 aliphatic carbocycles. The van der Waals surface area contributed by atoms with Gasteiger partial charge < -0.3 is 15.2 Å². The van der Waals surface area contributed by atoms with Gasteiger partial charge in [0.1, 0.15) is 11.6 Å². The van der Waals surface area contributed by atoms with Gasteiger partial charge in [0.25, 0.3) is 0 Å². The average molecular weight is 434 g/mol. The molecule has 0 aliphatic heterocycles. The van der Waals surface area contributed by atoms with Crippen LogP contribution in [0.4, 0.5) is 10.1 Å². The van der Waals surface area contributed by atoms with Gasteiger partial charge in [-0.3, -0.25) is 9.59 Å². The fourth-order valence-electron chi connectivity index (χ4n) is 3.53. The third-order valence-corrected chi connectivity index (χ3v) is 6.26. The van der Waals surface area contributed by atoms with Gasteiger partial charge in [0.2, 0.25) is 11.8 Å². The van der Waals surface area contributed by atoms with E-state index in [9.17, 15) is 14.0 Å². The monoisotopic (exact) mass is 433 g/mol. The van der Waals surface area contributed by atoms with E-state index in [2.05, 4.69) is 20.8 Å². The number of para-hydroxylation sites is 1. The van der Waals surface area contributed by atoms with Crippen molar-refractivity contribution in [3.63, 3.8) is 0 Å². The van der Waals surface area contributed by atoms with E-state index in [1.807, 2.05) is 18.4 Å². The molecular formula is C21H28FN5O2S. The molecule has 1 unspecified atom stereocenters. The highest BCUT2D eigenvalue weighted by atomic mass is 32.2. The maximum absolute atomic E-state index is 13.7. The standard InChI is InChI=1S/C21H28FN5O2S/c1-3-27-18(13-19(28)24-17-12-8-7-11-16(17)22)25-26-21(27)30-14(2)20(29)23-15-9-5-4-6-10-15/h7-8,11-12,14-15H,3-6,9-10,13H2,1-2H3,(H,23,29)(H,24,28). The minimum absolute atomic E-state index is 0.00333. The Morgan fingerprint density at radius 3 is 2.67 bits per heavy atom. The van der Waals surface area contributed by atoms with E-state index in [0.717, 1.165) is 25.7 Å². The first-order valence-corrected chi connectivity index (χ1v) is 11.3. The summed E-state index contributed by atoms with van der Waals surface area (Å²) in [5.74, 6) is -0.385. The molecule has 0 bridgehead atoms. The molecule has 2 amide bonds. The van der Waals surface area contributed by atoms with Crippen molar-refractivity contribution in [3.8, 4) is 0 Å². The molecule has 1 fully saturated rings. The maximum atomic E-state index is 13.7. The number of nitrogens with zero attached hydrogens (tertiary/aromatic N) is 3. The highest BCUT2D eigenvalue weighted by molar-refractivity contribution is 8.00. The molecule has 2 N–H and O–H groups in total. The molecule has 162 valence electrons. The fraction of sp³-hybridized carbons (Fsp3) is 0.524. The first-order valence-electron chi connectivity index (χ1n) is 10.4.